The molecule has 0 saturated heterocycles. The Morgan fingerprint density at radius 3 is 1.91 bits per heavy atom. The molecule has 2 aliphatic rings. The van der Waals surface area contributed by atoms with Gasteiger partial charge in [0.25, 0.3) is 6.71 Å². The van der Waals surface area contributed by atoms with Gasteiger partial charge in [-0.1, -0.05) is 115 Å². The molecule has 0 N–H and O–H groups in total. The fourth-order valence-corrected chi connectivity index (χ4v) is 9.86. The maximum atomic E-state index is 6.97. The van der Waals surface area contributed by atoms with Crippen molar-refractivity contribution < 1.29 is 4.74 Å². The molecule has 8 aromatic carbocycles. The van der Waals surface area contributed by atoms with Gasteiger partial charge in [-0.05, 0) is 64.9 Å². The van der Waals surface area contributed by atoms with Gasteiger partial charge in [-0.3, -0.25) is 0 Å². The Hall–Kier alpha value is -6.98. The second-order valence-corrected chi connectivity index (χ2v) is 14.4. The molecule has 0 bridgehead atoms. The molecule has 11 aromatic rings. The number of anilines is 3. The highest BCUT2D eigenvalue weighted by Gasteiger charge is 2.41. The van der Waals surface area contributed by atoms with E-state index in [-0.39, 0.29) is 6.71 Å². The molecular weight excluding hydrogens is 645 g/mol. The Balaban J connectivity index is 1.23. The summed E-state index contributed by atoms with van der Waals surface area (Å²) >= 11 is 0. The summed E-state index contributed by atoms with van der Waals surface area (Å²) in [5, 5.41) is 7.70. The molecule has 2 aliphatic heterocycles. The SMILES string of the molecule is c1ccc(N(c2ccccc2)c2cc3c4c(c2)-n2c5c(cccc5c5ccc6c(c7cccc8c9ccccc9n6c87)c52)B4c2ccccc2O3)cc1. The van der Waals surface area contributed by atoms with Crippen LogP contribution in [0, 0.1) is 0 Å². The fourth-order valence-electron chi connectivity index (χ4n) is 9.86. The zero-order chi connectivity index (χ0) is 34.4. The lowest BCUT2D eigenvalue weighted by Gasteiger charge is -2.35. The third kappa shape index (κ3) is 3.42. The van der Waals surface area contributed by atoms with E-state index in [9.17, 15) is 0 Å². The number of aromatic nitrogens is 2. The van der Waals surface area contributed by atoms with Crippen molar-refractivity contribution in [1.29, 1.82) is 0 Å². The van der Waals surface area contributed by atoms with E-state index in [1.165, 1.54) is 76.3 Å². The molecule has 0 radical (unpaired) electrons. The quantitative estimate of drug-likeness (QED) is 0.174. The molecule has 0 aliphatic carbocycles. The maximum absolute atomic E-state index is 6.97. The molecule has 0 saturated carbocycles. The van der Waals surface area contributed by atoms with Crippen molar-refractivity contribution in [3.63, 3.8) is 0 Å². The second kappa shape index (κ2) is 9.87. The van der Waals surface area contributed by atoms with Gasteiger partial charge in [0.2, 0.25) is 0 Å². The average molecular weight is 674 g/mol. The third-order valence-corrected chi connectivity index (χ3v) is 11.8. The first-order valence-electron chi connectivity index (χ1n) is 18.3. The summed E-state index contributed by atoms with van der Waals surface area (Å²) < 4.78 is 12.0. The topological polar surface area (TPSA) is 21.8 Å². The van der Waals surface area contributed by atoms with Crippen LogP contribution >= 0.6 is 0 Å². The minimum atomic E-state index is 0.0376. The average Bonchev–Trinajstić information content (AvgIpc) is 3.86. The zero-order valence-electron chi connectivity index (χ0n) is 28.5. The number of rotatable bonds is 3. The van der Waals surface area contributed by atoms with Gasteiger partial charge in [0.1, 0.15) is 11.5 Å². The van der Waals surface area contributed by atoms with Gasteiger partial charge in [-0.25, -0.2) is 0 Å². The van der Waals surface area contributed by atoms with Gasteiger partial charge >= 0.3 is 0 Å². The lowest BCUT2D eigenvalue weighted by atomic mass is 9.34. The normalized spacial score (nSPS) is 13.0. The largest absolute Gasteiger partial charge is 0.458 e. The fraction of sp³-hybridized carbons (Fsp3) is 0. The van der Waals surface area contributed by atoms with Crippen LogP contribution in [0.3, 0.4) is 0 Å². The molecule has 0 unspecified atom stereocenters. The number of fused-ring (bicyclic) bond motifs is 14. The monoisotopic (exact) mass is 673 g/mol. The van der Waals surface area contributed by atoms with E-state index < -0.39 is 0 Å². The summed E-state index contributed by atoms with van der Waals surface area (Å²) in [7, 11) is 0. The van der Waals surface area contributed by atoms with E-state index in [1.54, 1.807) is 0 Å². The van der Waals surface area contributed by atoms with Gasteiger partial charge in [0.05, 0.1) is 27.8 Å². The second-order valence-electron chi connectivity index (χ2n) is 14.4. The van der Waals surface area contributed by atoms with E-state index >= 15 is 0 Å². The molecule has 0 atom stereocenters. The highest BCUT2D eigenvalue weighted by molar-refractivity contribution is 6.99. The van der Waals surface area contributed by atoms with Crippen molar-refractivity contribution in [2.24, 2.45) is 0 Å². The zero-order valence-corrected chi connectivity index (χ0v) is 28.5. The molecule has 0 fully saturated rings. The minimum Gasteiger partial charge on any atom is -0.458 e. The Morgan fingerprint density at radius 1 is 0.434 bits per heavy atom. The van der Waals surface area contributed by atoms with Crippen LogP contribution < -0.4 is 26.0 Å². The highest BCUT2D eigenvalue weighted by atomic mass is 16.5. The summed E-state index contributed by atoms with van der Waals surface area (Å²) in [5.74, 6) is 1.81. The van der Waals surface area contributed by atoms with Gasteiger partial charge in [0.15, 0.2) is 0 Å². The third-order valence-electron chi connectivity index (χ3n) is 11.8. The van der Waals surface area contributed by atoms with Crippen LogP contribution in [0.2, 0.25) is 0 Å². The Labute approximate surface area is 304 Å². The number of nitrogens with zero attached hydrogens (tertiary/aromatic N) is 3. The van der Waals surface area contributed by atoms with Crippen molar-refractivity contribution in [1.82, 2.24) is 8.97 Å². The van der Waals surface area contributed by atoms with E-state index in [2.05, 4.69) is 184 Å². The Bertz CT molecular complexity index is 3290. The van der Waals surface area contributed by atoms with Crippen molar-refractivity contribution >= 4 is 100 Å². The lowest BCUT2D eigenvalue weighted by Crippen LogP contribution is -2.58. The lowest BCUT2D eigenvalue weighted by molar-refractivity contribution is 0.487. The molecule has 53 heavy (non-hydrogen) atoms. The molecular formula is C48H28BN3O. The van der Waals surface area contributed by atoms with Gasteiger partial charge < -0.3 is 18.6 Å². The number of benzene rings is 8. The molecule has 3 aromatic heterocycles. The molecule has 5 heteroatoms. The van der Waals surface area contributed by atoms with Crippen LogP contribution in [0.4, 0.5) is 17.1 Å². The first-order valence-corrected chi connectivity index (χ1v) is 18.3. The van der Waals surface area contributed by atoms with Crippen molar-refractivity contribution in [3.05, 3.63) is 170 Å². The highest BCUT2D eigenvalue weighted by Crippen LogP contribution is 2.47. The molecule has 244 valence electrons. The van der Waals surface area contributed by atoms with Crippen LogP contribution in [0.5, 0.6) is 11.5 Å². The van der Waals surface area contributed by atoms with Crippen molar-refractivity contribution in [2.75, 3.05) is 4.90 Å². The summed E-state index contributed by atoms with van der Waals surface area (Å²) in [6.07, 6.45) is 0. The predicted molar refractivity (Wildman–Crippen MR) is 221 cm³/mol. The predicted octanol–water partition coefficient (Wildman–Crippen LogP) is 10.3. The molecule has 0 amide bonds. The first-order chi connectivity index (χ1) is 26.3. The van der Waals surface area contributed by atoms with Crippen LogP contribution in [0.15, 0.2) is 170 Å². The van der Waals surface area contributed by atoms with Gasteiger partial charge in [-0.15, -0.1) is 0 Å². The Morgan fingerprint density at radius 2 is 1.08 bits per heavy atom. The van der Waals surface area contributed by atoms with E-state index in [0.29, 0.717) is 0 Å². The molecule has 0 spiro atoms. The van der Waals surface area contributed by atoms with Gasteiger partial charge in [0, 0.05) is 61.0 Å². The van der Waals surface area contributed by atoms with Crippen LogP contribution in [0.1, 0.15) is 0 Å². The number of hydrogen-bond donors (Lipinski definition) is 0. The summed E-state index contributed by atoms with van der Waals surface area (Å²) in [6, 6.07) is 61.8. The van der Waals surface area contributed by atoms with Crippen LogP contribution in [-0.4, -0.2) is 15.7 Å². The number of ether oxygens (including phenoxy) is 1. The van der Waals surface area contributed by atoms with E-state index in [1.807, 2.05) is 0 Å². The first kappa shape index (κ1) is 27.7. The van der Waals surface area contributed by atoms with E-state index in [4.69, 9.17) is 4.74 Å². The number of para-hydroxylation sites is 6. The minimum absolute atomic E-state index is 0.0376. The number of hydrogen-bond acceptors (Lipinski definition) is 2. The van der Waals surface area contributed by atoms with Crippen molar-refractivity contribution in [3.8, 4) is 17.2 Å². The Kier molecular flexibility index (Phi) is 5.16. The molecule has 13 rings (SSSR count). The summed E-state index contributed by atoms with van der Waals surface area (Å²) in [5.41, 5.74) is 14.4. The van der Waals surface area contributed by atoms with Crippen LogP contribution in [0.25, 0.3) is 65.6 Å². The van der Waals surface area contributed by atoms with Crippen LogP contribution in [-0.2, 0) is 0 Å². The molecule has 4 nitrogen and oxygen atoms in total. The standard InChI is InChI=1S/C48H28BN3O/c1-3-13-29(14-4-1)50(30-15-5-2-6-16-30)31-27-41-45-43(28-31)53-42-24-10-8-21-37(42)49(45)38-22-12-19-34-35-25-26-40-44(48(35)52(41)47(34)38)36-20-11-18-33-32-17-7-9-23-39(32)51(40)46(33)36/h1-28H. The van der Waals surface area contributed by atoms with Crippen molar-refractivity contribution in [2.45, 2.75) is 0 Å². The summed E-state index contributed by atoms with van der Waals surface area (Å²) in [6.45, 7) is 0.0376. The summed E-state index contributed by atoms with van der Waals surface area (Å²) in [4.78, 5) is 2.35. The molecule has 5 heterocycles. The van der Waals surface area contributed by atoms with E-state index in [0.717, 1.165) is 34.2 Å². The van der Waals surface area contributed by atoms with Gasteiger partial charge in [-0.2, -0.15) is 0 Å². The maximum Gasteiger partial charge on any atom is 0.256 e. The smallest absolute Gasteiger partial charge is 0.256 e.